The molecule has 2 N–H and O–H groups in total. The van der Waals surface area contributed by atoms with Crippen LogP contribution in [0.15, 0.2) is 46.9 Å². The molecule has 0 heterocycles. The van der Waals surface area contributed by atoms with Gasteiger partial charge in [0.15, 0.2) is 0 Å². The summed E-state index contributed by atoms with van der Waals surface area (Å²) in [5.41, 5.74) is 7.76. The van der Waals surface area contributed by atoms with Gasteiger partial charge in [-0.2, -0.15) is 0 Å². The number of amides is 1. The van der Waals surface area contributed by atoms with Gasteiger partial charge in [0.1, 0.15) is 11.3 Å². The van der Waals surface area contributed by atoms with Gasteiger partial charge in [-0.1, -0.05) is 40.2 Å². The minimum Gasteiger partial charge on any atom is -0.496 e. The fourth-order valence-electron chi connectivity index (χ4n) is 2.09. The van der Waals surface area contributed by atoms with E-state index in [1.807, 2.05) is 24.3 Å². The molecule has 0 aliphatic carbocycles. The second-order valence-corrected chi connectivity index (χ2v) is 5.53. The Hall–Kier alpha value is -2.01. The second kappa shape index (κ2) is 6.63. The van der Waals surface area contributed by atoms with Crippen molar-refractivity contribution >= 4 is 27.5 Å². The quantitative estimate of drug-likeness (QED) is 0.862. The molecule has 5 heteroatoms. The molecule has 0 saturated carbocycles. The van der Waals surface area contributed by atoms with Crippen LogP contribution < -0.4 is 10.5 Å². The fraction of sp³-hybridized carbons (Fsp3) is 0.188. The molecule has 0 radical (unpaired) electrons. The number of hydrogen-bond donors (Lipinski definition) is 1. The second-order valence-electron chi connectivity index (χ2n) is 4.68. The highest BCUT2D eigenvalue weighted by Crippen LogP contribution is 2.26. The van der Waals surface area contributed by atoms with Gasteiger partial charge in [0.2, 0.25) is 0 Å². The lowest BCUT2D eigenvalue weighted by Gasteiger charge is -2.20. The van der Waals surface area contributed by atoms with Crippen LogP contribution in [-0.4, -0.2) is 25.0 Å². The number of benzene rings is 2. The number of methoxy groups -OCH3 is 1. The molecule has 1 amide bonds. The summed E-state index contributed by atoms with van der Waals surface area (Å²) in [4.78, 5) is 14.2. The average molecular weight is 349 g/mol. The number of hydrogen-bond acceptors (Lipinski definition) is 3. The first-order chi connectivity index (χ1) is 10.0. The van der Waals surface area contributed by atoms with Gasteiger partial charge in [0, 0.05) is 23.8 Å². The first-order valence-corrected chi connectivity index (χ1v) is 7.25. The molecule has 0 atom stereocenters. The summed E-state index contributed by atoms with van der Waals surface area (Å²) >= 11 is 3.49. The van der Waals surface area contributed by atoms with E-state index in [0.717, 1.165) is 10.0 Å². The Morgan fingerprint density at radius 3 is 2.62 bits per heavy atom. The van der Waals surface area contributed by atoms with Crippen LogP contribution in [0.2, 0.25) is 0 Å². The first kappa shape index (κ1) is 15.4. The van der Waals surface area contributed by atoms with Gasteiger partial charge in [-0.15, -0.1) is 0 Å². The standard InChI is InChI=1S/C16H17BrN2O2/c1-19(10-11-6-3-4-7-12(11)17)16(20)15-13(18)8-5-9-14(15)21-2/h3-9H,10,18H2,1-2H3. The maximum atomic E-state index is 12.6. The Balaban J connectivity index is 2.26. The van der Waals surface area contributed by atoms with E-state index in [9.17, 15) is 4.79 Å². The summed E-state index contributed by atoms with van der Waals surface area (Å²) in [6, 6.07) is 13.0. The molecule has 4 nitrogen and oxygen atoms in total. The number of halogens is 1. The predicted octanol–water partition coefficient (Wildman–Crippen LogP) is 3.31. The van der Waals surface area contributed by atoms with Crippen molar-refractivity contribution in [2.75, 3.05) is 19.9 Å². The average Bonchev–Trinajstić information content (AvgIpc) is 2.48. The number of carbonyl (C=O) groups excluding carboxylic acids is 1. The van der Waals surface area contributed by atoms with Crippen LogP contribution in [0.3, 0.4) is 0 Å². The van der Waals surface area contributed by atoms with Crippen LogP contribution >= 0.6 is 15.9 Å². The molecule has 0 spiro atoms. The van der Waals surface area contributed by atoms with E-state index in [-0.39, 0.29) is 5.91 Å². The van der Waals surface area contributed by atoms with Crippen LogP contribution in [0.1, 0.15) is 15.9 Å². The van der Waals surface area contributed by atoms with E-state index in [0.29, 0.717) is 23.5 Å². The first-order valence-electron chi connectivity index (χ1n) is 6.46. The van der Waals surface area contributed by atoms with Gasteiger partial charge >= 0.3 is 0 Å². The maximum absolute atomic E-state index is 12.6. The lowest BCUT2D eigenvalue weighted by atomic mass is 10.1. The molecule has 2 aromatic carbocycles. The third kappa shape index (κ3) is 3.36. The van der Waals surface area contributed by atoms with Crippen molar-refractivity contribution < 1.29 is 9.53 Å². The topological polar surface area (TPSA) is 55.6 Å². The minimum atomic E-state index is -0.166. The number of ether oxygens (including phenoxy) is 1. The van der Waals surface area contributed by atoms with Crippen molar-refractivity contribution in [3.05, 3.63) is 58.1 Å². The molecule has 0 unspecified atom stereocenters. The molecular weight excluding hydrogens is 332 g/mol. The molecule has 110 valence electrons. The number of nitrogen functional groups attached to an aromatic ring is 1. The van der Waals surface area contributed by atoms with Crippen molar-refractivity contribution in [3.63, 3.8) is 0 Å². The van der Waals surface area contributed by atoms with Crippen molar-refractivity contribution in [1.82, 2.24) is 4.90 Å². The van der Waals surface area contributed by atoms with Crippen LogP contribution in [-0.2, 0) is 6.54 Å². The maximum Gasteiger partial charge on any atom is 0.259 e. The molecular formula is C16H17BrN2O2. The van der Waals surface area contributed by atoms with Crippen LogP contribution in [0.4, 0.5) is 5.69 Å². The molecule has 0 aliphatic heterocycles. The van der Waals surface area contributed by atoms with E-state index >= 15 is 0 Å². The zero-order chi connectivity index (χ0) is 15.4. The Morgan fingerprint density at radius 1 is 1.24 bits per heavy atom. The van der Waals surface area contributed by atoms with Crippen LogP contribution in [0.25, 0.3) is 0 Å². The summed E-state index contributed by atoms with van der Waals surface area (Å²) in [6.45, 7) is 0.484. The number of anilines is 1. The number of carbonyl (C=O) groups is 1. The smallest absolute Gasteiger partial charge is 0.259 e. The van der Waals surface area contributed by atoms with Gasteiger partial charge < -0.3 is 15.4 Å². The van der Waals surface area contributed by atoms with Crippen LogP contribution in [0.5, 0.6) is 5.75 Å². The zero-order valence-electron chi connectivity index (χ0n) is 12.0. The lowest BCUT2D eigenvalue weighted by molar-refractivity contribution is 0.0782. The Kier molecular flexibility index (Phi) is 4.85. The highest BCUT2D eigenvalue weighted by molar-refractivity contribution is 9.10. The highest BCUT2D eigenvalue weighted by atomic mass is 79.9. The summed E-state index contributed by atoms with van der Waals surface area (Å²) in [6.07, 6.45) is 0. The molecule has 0 saturated heterocycles. The van der Waals surface area contributed by atoms with Crippen molar-refractivity contribution in [2.45, 2.75) is 6.54 Å². The Bertz CT molecular complexity index is 658. The highest BCUT2D eigenvalue weighted by Gasteiger charge is 2.20. The molecule has 2 rings (SSSR count). The molecule has 0 aromatic heterocycles. The normalized spacial score (nSPS) is 10.2. The zero-order valence-corrected chi connectivity index (χ0v) is 13.6. The monoisotopic (exact) mass is 348 g/mol. The third-order valence-electron chi connectivity index (χ3n) is 3.20. The molecule has 21 heavy (non-hydrogen) atoms. The van der Waals surface area contributed by atoms with E-state index in [4.69, 9.17) is 10.5 Å². The molecule has 2 aromatic rings. The Labute approximate surface area is 132 Å². The SMILES string of the molecule is COc1cccc(N)c1C(=O)N(C)Cc1ccccc1Br. The van der Waals surface area contributed by atoms with E-state index in [1.54, 1.807) is 30.1 Å². The van der Waals surface area contributed by atoms with Gasteiger partial charge in [-0.25, -0.2) is 0 Å². The van der Waals surface area contributed by atoms with E-state index in [1.165, 1.54) is 7.11 Å². The number of rotatable bonds is 4. The lowest BCUT2D eigenvalue weighted by Crippen LogP contribution is -2.27. The van der Waals surface area contributed by atoms with Gasteiger partial charge in [-0.3, -0.25) is 4.79 Å². The molecule has 0 fully saturated rings. The van der Waals surface area contributed by atoms with E-state index < -0.39 is 0 Å². The minimum absolute atomic E-state index is 0.166. The van der Waals surface area contributed by atoms with Gasteiger partial charge in [0.05, 0.1) is 7.11 Å². The number of nitrogens with zero attached hydrogens (tertiary/aromatic N) is 1. The van der Waals surface area contributed by atoms with Gasteiger partial charge in [-0.05, 0) is 23.8 Å². The van der Waals surface area contributed by atoms with Crippen LogP contribution in [0, 0.1) is 0 Å². The van der Waals surface area contributed by atoms with E-state index in [2.05, 4.69) is 15.9 Å². The Morgan fingerprint density at radius 2 is 1.95 bits per heavy atom. The molecule has 0 aliphatic rings. The van der Waals surface area contributed by atoms with Gasteiger partial charge in [0.25, 0.3) is 5.91 Å². The summed E-state index contributed by atoms with van der Waals surface area (Å²) in [7, 11) is 3.27. The largest absolute Gasteiger partial charge is 0.496 e. The summed E-state index contributed by atoms with van der Waals surface area (Å²) < 4.78 is 6.20. The molecule has 0 bridgehead atoms. The third-order valence-corrected chi connectivity index (χ3v) is 3.98. The summed E-state index contributed by atoms with van der Waals surface area (Å²) in [5, 5.41) is 0. The summed E-state index contributed by atoms with van der Waals surface area (Å²) in [5.74, 6) is 0.319. The predicted molar refractivity (Wildman–Crippen MR) is 87.3 cm³/mol. The number of nitrogens with two attached hydrogens (primary N) is 1. The van der Waals surface area contributed by atoms with Crippen molar-refractivity contribution in [3.8, 4) is 5.75 Å². The van der Waals surface area contributed by atoms with Crippen molar-refractivity contribution in [2.24, 2.45) is 0 Å². The fourth-order valence-corrected chi connectivity index (χ4v) is 2.50. The van der Waals surface area contributed by atoms with Crippen molar-refractivity contribution in [1.29, 1.82) is 0 Å².